The monoisotopic (exact) mass is 367 g/mol. The van der Waals surface area contributed by atoms with Crippen LogP contribution >= 0.6 is 23.1 Å². The van der Waals surface area contributed by atoms with Gasteiger partial charge in [-0.1, -0.05) is 30.8 Å². The van der Waals surface area contributed by atoms with Crippen LogP contribution in [0.25, 0.3) is 10.2 Å². The molecule has 1 fully saturated rings. The molecule has 25 heavy (non-hydrogen) atoms. The highest BCUT2D eigenvalue weighted by atomic mass is 32.2. The number of carbonyl (C=O) groups excluding carboxylic acids is 1. The molecular formula is C19H17N3OS2. The molecule has 0 N–H and O–H groups in total. The number of aliphatic imine (C=N–C) groups is 1. The van der Waals surface area contributed by atoms with Crippen LogP contribution in [0.5, 0.6) is 0 Å². The van der Waals surface area contributed by atoms with Crippen molar-refractivity contribution in [3.05, 3.63) is 59.1 Å². The Morgan fingerprint density at radius 2 is 2.16 bits per heavy atom. The van der Waals surface area contributed by atoms with Gasteiger partial charge in [-0.2, -0.15) is 0 Å². The Morgan fingerprint density at radius 3 is 3.00 bits per heavy atom. The zero-order chi connectivity index (χ0) is 17.4. The molecule has 1 saturated heterocycles. The molecule has 0 saturated carbocycles. The summed E-state index contributed by atoms with van der Waals surface area (Å²) < 4.78 is 1.03. The van der Waals surface area contributed by atoms with Crippen molar-refractivity contribution in [1.82, 2.24) is 9.88 Å². The minimum absolute atomic E-state index is 0.00134. The van der Waals surface area contributed by atoms with Gasteiger partial charge in [-0.05, 0) is 42.8 Å². The topological polar surface area (TPSA) is 45.6 Å². The number of aromatic nitrogens is 1. The third-order valence-corrected chi connectivity index (χ3v) is 5.89. The van der Waals surface area contributed by atoms with E-state index in [1.54, 1.807) is 33.5 Å². The van der Waals surface area contributed by atoms with Gasteiger partial charge in [-0.3, -0.25) is 9.69 Å². The molecule has 6 heteroatoms. The number of rotatable bonds is 2. The van der Waals surface area contributed by atoms with Gasteiger partial charge in [0.15, 0.2) is 5.17 Å². The average Bonchev–Trinajstić information content (AvgIpc) is 3.20. The normalized spacial score (nSPS) is 19.0. The number of aryl methyl sites for hydroxylation is 1. The Hall–Kier alpha value is -2.18. The van der Waals surface area contributed by atoms with Crippen LogP contribution in [0.4, 0.5) is 5.69 Å². The van der Waals surface area contributed by atoms with E-state index >= 15 is 0 Å². The molecule has 1 aliphatic rings. The summed E-state index contributed by atoms with van der Waals surface area (Å²) >= 11 is 3.20. The molecule has 1 unspecified atom stereocenters. The first-order valence-corrected chi connectivity index (χ1v) is 9.83. The van der Waals surface area contributed by atoms with E-state index in [1.165, 1.54) is 0 Å². The highest BCUT2D eigenvalue weighted by Gasteiger charge is 2.31. The van der Waals surface area contributed by atoms with Crippen molar-refractivity contribution in [1.29, 1.82) is 0 Å². The molecule has 1 aliphatic heterocycles. The van der Waals surface area contributed by atoms with E-state index in [0.29, 0.717) is 17.4 Å². The SMILES string of the molecule is Cc1cccc(N=C2SC(C)CN2C(=O)c2ccc3ncsc3c2)c1. The number of carbonyl (C=O) groups is 1. The summed E-state index contributed by atoms with van der Waals surface area (Å²) in [6.07, 6.45) is 0. The first kappa shape index (κ1) is 16.3. The third-order valence-electron chi connectivity index (χ3n) is 4.03. The van der Waals surface area contributed by atoms with Crippen molar-refractivity contribution < 1.29 is 4.79 Å². The maximum Gasteiger partial charge on any atom is 0.259 e. The molecule has 3 aromatic rings. The molecule has 4 rings (SSSR count). The van der Waals surface area contributed by atoms with Crippen LogP contribution < -0.4 is 0 Å². The third kappa shape index (κ3) is 3.32. The molecule has 1 amide bonds. The molecule has 1 atom stereocenters. The Morgan fingerprint density at radius 1 is 1.28 bits per heavy atom. The maximum atomic E-state index is 13.0. The highest BCUT2D eigenvalue weighted by Crippen LogP contribution is 2.30. The van der Waals surface area contributed by atoms with Crippen LogP contribution in [0.3, 0.4) is 0 Å². The van der Waals surface area contributed by atoms with Gasteiger partial charge in [-0.15, -0.1) is 11.3 Å². The van der Waals surface area contributed by atoms with E-state index < -0.39 is 0 Å². The molecule has 0 bridgehead atoms. The van der Waals surface area contributed by atoms with Crippen molar-refractivity contribution in [2.45, 2.75) is 19.1 Å². The van der Waals surface area contributed by atoms with Crippen molar-refractivity contribution in [3.63, 3.8) is 0 Å². The fourth-order valence-corrected chi connectivity index (χ4v) is 4.57. The van der Waals surface area contributed by atoms with Gasteiger partial charge in [0, 0.05) is 17.4 Å². The van der Waals surface area contributed by atoms with Crippen LogP contribution in [0.2, 0.25) is 0 Å². The van der Waals surface area contributed by atoms with Crippen LogP contribution in [0.1, 0.15) is 22.8 Å². The first-order valence-electron chi connectivity index (χ1n) is 8.07. The number of benzene rings is 2. The number of thioether (sulfide) groups is 1. The molecule has 126 valence electrons. The number of hydrogen-bond donors (Lipinski definition) is 0. The Bertz CT molecular complexity index is 979. The minimum atomic E-state index is -0.00134. The van der Waals surface area contributed by atoms with Crippen LogP contribution in [0.15, 0.2) is 53.0 Å². The Balaban J connectivity index is 1.67. The maximum absolute atomic E-state index is 13.0. The van der Waals surface area contributed by atoms with Crippen molar-refractivity contribution in [3.8, 4) is 0 Å². The number of nitrogens with zero attached hydrogens (tertiary/aromatic N) is 3. The Kier molecular flexibility index (Phi) is 4.31. The van der Waals surface area contributed by atoms with E-state index in [4.69, 9.17) is 4.99 Å². The Labute approximate surface area is 154 Å². The fraction of sp³-hybridized carbons (Fsp3) is 0.211. The molecule has 2 aromatic carbocycles. The molecular weight excluding hydrogens is 350 g/mol. The van der Waals surface area contributed by atoms with E-state index in [0.717, 1.165) is 26.6 Å². The average molecular weight is 367 g/mol. The smallest absolute Gasteiger partial charge is 0.259 e. The van der Waals surface area contributed by atoms with Crippen molar-refractivity contribution >= 4 is 50.1 Å². The largest absolute Gasteiger partial charge is 0.286 e. The number of amides is 1. The molecule has 0 aliphatic carbocycles. The summed E-state index contributed by atoms with van der Waals surface area (Å²) in [7, 11) is 0. The quantitative estimate of drug-likeness (QED) is 0.649. The molecule has 4 nitrogen and oxygen atoms in total. The highest BCUT2D eigenvalue weighted by molar-refractivity contribution is 8.14. The fourth-order valence-electron chi connectivity index (χ4n) is 2.82. The second kappa shape index (κ2) is 6.61. The van der Waals surface area contributed by atoms with E-state index in [-0.39, 0.29) is 5.91 Å². The lowest BCUT2D eigenvalue weighted by Gasteiger charge is -2.16. The summed E-state index contributed by atoms with van der Waals surface area (Å²) in [5.74, 6) is -0.00134. The van der Waals surface area contributed by atoms with E-state index in [1.807, 2.05) is 49.4 Å². The predicted molar refractivity (Wildman–Crippen MR) is 106 cm³/mol. The number of hydrogen-bond acceptors (Lipinski definition) is 5. The lowest BCUT2D eigenvalue weighted by atomic mass is 10.2. The summed E-state index contributed by atoms with van der Waals surface area (Å²) in [5.41, 5.74) is 5.46. The first-order chi connectivity index (χ1) is 12.1. The van der Waals surface area contributed by atoms with Gasteiger partial charge in [-0.25, -0.2) is 9.98 Å². The van der Waals surface area contributed by atoms with Crippen LogP contribution in [-0.2, 0) is 0 Å². The van der Waals surface area contributed by atoms with Crippen molar-refractivity contribution in [2.75, 3.05) is 6.54 Å². The summed E-state index contributed by atoms with van der Waals surface area (Å²) in [6, 6.07) is 13.7. The zero-order valence-electron chi connectivity index (χ0n) is 14.0. The molecule has 2 heterocycles. The second-order valence-corrected chi connectivity index (χ2v) is 8.40. The zero-order valence-corrected chi connectivity index (χ0v) is 15.6. The van der Waals surface area contributed by atoms with Gasteiger partial charge in [0.2, 0.25) is 0 Å². The minimum Gasteiger partial charge on any atom is -0.286 e. The van der Waals surface area contributed by atoms with Crippen LogP contribution in [-0.4, -0.2) is 32.8 Å². The lowest BCUT2D eigenvalue weighted by molar-refractivity contribution is 0.0855. The molecule has 0 radical (unpaired) electrons. The van der Waals surface area contributed by atoms with Crippen LogP contribution in [0, 0.1) is 6.92 Å². The predicted octanol–water partition coefficient (Wildman–Crippen LogP) is 4.87. The van der Waals surface area contributed by atoms with Gasteiger partial charge < -0.3 is 0 Å². The second-order valence-electron chi connectivity index (χ2n) is 6.11. The summed E-state index contributed by atoms with van der Waals surface area (Å²) in [4.78, 5) is 23.8. The van der Waals surface area contributed by atoms with Gasteiger partial charge in [0.25, 0.3) is 5.91 Å². The summed E-state index contributed by atoms with van der Waals surface area (Å²) in [6.45, 7) is 4.84. The van der Waals surface area contributed by atoms with E-state index in [9.17, 15) is 4.79 Å². The number of fused-ring (bicyclic) bond motifs is 1. The van der Waals surface area contributed by atoms with Crippen molar-refractivity contribution in [2.24, 2.45) is 4.99 Å². The molecule has 1 aromatic heterocycles. The summed E-state index contributed by atoms with van der Waals surface area (Å²) in [5, 5.41) is 1.10. The van der Waals surface area contributed by atoms with E-state index in [2.05, 4.69) is 11.9 Å². The number of thiazole rings is 1. The molecule has 0 spiro atoms. The van der Waals surface area contributed by atoms with Gasteiger partial charge in [0.1, 0.15) is 0 Å². The lowest BCUT2D eigenvalue weighted by Crippen LogP contribution is -2.32. The van der Waals surface area contributed by atoms with Gasteiger partial charge >= 0.3 is 0 Å². The standard InChI is InChI=1S/C19H17N3OS2/c1-12-4-3-5-15(8-12)21-19-22(10-13(2)25-19)18(23)14-6-7-16-17(9-14)24-11-20-16/h3-9,11,13H,10H2,1-2H3. The van der Waals surface area contributed by atoms with Gasteiger partial charge in [0.05, 0.1) is 21.4 Å². The number of amidine groups is 1.